The molecule has 1 saturated heterocycles. The van der Waals surface area contributed by atoms with E-state index in [4.69, 9.17) is 0 Å². The van der Waals surface area contributed by atoms with Crippen molar-refractivity contribution < 1.29 is 0 Å². The number of aromatic nitrogens is 4. The molecule has 0 saturated carbocycles. The van der Waals surface area contributed by atoms with Crippen molar-refractivity contribution in [2.45, 2.75) is 13.8 Å². The minimum atomic E-state index is -0.0817. The van der Waals surface area contributed by atoms with Crippen molar-refractivity contribution in [2.75, 3.05) is 36.0 Å². The third kappa shape index (κ3) is 2.76. The van der Waals surface area contributed by atoms with E-state index in [0.717, 1.165) is 42.5 Å². The number of anilines is 2. The second-order valence-corrected chi connectivity index (χ2v) is 7.51. The maximum atomic E-state index is 11.8. The highest BCUT2D eigenvalue weighted by atomic mass is 32.1. The average molecular weight is 356 g/mol. The smallest absolute Gasteiger partial charge is 0.268 e. The van der Waals surface area contributed by atoms with E-state index in [1.54, 1.807) is 37.0 Å². The zero-order chi connectivity index (χ0) is 17.6. The normalized spacial score (nSPS) is 15.2. The van der Waals surface area contributed by atoms with Crippen LogP contribution in [0.3, 0.4) is 0 Å². The average Bonchev–Trinajstić information content (AvgIpc) is 2.92. The molecule has 4 heterocycles. The minimum absolute atomic E-state index is 0.0817. The van der Waals surface area contributed by atoms with Gasteiger partial charge in [0.1, 0.15) is 17.0 Å². The first-order chi connectivity index (χ1) is 12.0. The van der Waals surface area contributed by atoms with Crippen LogP contribution in [0.25, 0.3) is 10.2 Å². The molecule has 7 nitrogen and oxygen atoms in total. The molecule has 1 fully saturated rings. The summed E-state index contributed by atoms with van der Waals surface area (Å²) in [5, 5.41) is 5.29. The summed E-state index contributed by atoms with van der Waals surface area (Å²) >= 11 is 1.72. The third-order valence-electron chi connectivity index (χ3n) is 4.84. The van der Waals surface area contributed by atoms with Crippen molar-refractivity contribution in [2.24, 2.45) is 7.05 Å². The summed E-state index contributed by atoms with van der Waals surface area (Å²) in [6.45, 7) is 7.66. The van der Waals surface area contributed by atoms with Gasteiger partial charge in [0.25, 0.3) is 5.56 Å². The molecule has 0 aliphatic carbocycles. The maximum Gasteiger partial charge on any atom is 0.268 e. The molecule has 3 aromatic heterocycles. The van der Waals surface area contributed by atoms with E-state index in [1.165, 1.54) is 20.5 Å². The van der Waals surface area contributed by atoms with Crippen molar-refractivity contribution in [1.82, 2.24) is 19.7 Å². The van der Waals surface area contributed by atoms with Crippen LogP contribution in [0, 0.1) is 13.8 Å². The molecular weight excluding hydrogens is 336 g/mol. The van der Waals surface area contributed by atoms with Crippen LogP contribution in [0.5, 0.6) is 0 Å². The van der Waals surface area contributed by atoms with E-state index in [0.29, 0.717) is 0 Å². The van der Waals surface area contributed by atoms with Crippen LogP contribution in [0.15, 0.2) is 23.4 Å². The monoisotopic (exact) mass is 356 g/mol. The van der Waals surface area contributed by atoms with Gasteiger partial charge >= 0.3 is 0 Å². The highest BCUT2D eigenvalue weighted by Gasteiger charge is 2.22. The van der Waals surface area contributed by atoms with Gasteiger partial charge < -0.3 is 9.80 Å². The van der Waals surface area contributed by atoms with Gasteiger partial charge in [-0.1, -0.05) is 0 Å². The van der Waals surface area contributed by atoms with E-state index >= 15 is 0 Å². The number of hydrogen-bond acceptors (Lipinski definition) is 7. The lowest BCUT2D eigenvalue weighted by molar-refractivity contribution is 0.639. The van der Waals surface area contributed by atoms with Crippen LogP contribution in [0.2, 0.25) is 0 Å². The summed E-state index contributed by atoms with van der Waals surface area (Å²) in [5.74, 6) is 1.02. The Morgan fingerprint density at radius 3 is 2.52 bits per heavy atom. The lowest BCUT2D eigenvalue weighted by Gasteiger charge is -2.36. The summed E-state index contributed by atoms with van der Waals surface area (Å²) in [7, 11) is 1.66. The lowest BCUT2D eigenvalue weighted by atomic mass is 10.2. The van der Waals surface area contributed by atoms with Crippen molar-refractivity contribution >= 4 is 33.1 Å². The number of rotatable bonds is 2. The van der Waals surface area contributed by atoms with Crippen LogP contribution in [-0.4, -0.2) is 45.9 Å². The molecule has 0 bridgehead atoms. The first-order valence-electron chi connectivity index (χ1n) is 8.28. The van der Waals surface area contributed by atoms with E-state index < -0.39 is 0 Å². The second-order valence-electron chi connectivity index (χ2n) is 6.31. The van der Waals surface area contributed by atoms with Crippen molar-refractivity contribution in [1.29, 1.82) is 0 Å². The minimum Gasteiger partial charge on any atom is -0.367 e. The van der Waals surface area contributed by atoms with Gasteiger partial charge in [0, 0.05) is 44.2 Å². The molecule has 0 aromatic carbocycles. The number of nitrogens with zero attached hydrogens (tertiary/aromatic N) is 6. The molecule has 0 amide bonds. The Kier molecular flexibility index (Phi) is 3.91. The maximum absolute atomic E-state index is 11.8. The quantitative estimate of drug-likeness (QED) is 0.697. The second kappa shape index (κ2) is 6.11. The first-order valence-corrected chi connectivity index (χ1v) is 9.10. The number of aryl methyl sites for hydroxylation is 3. The fraction of sp³-hybridized carbons (Fsp3) is 0.412. The summed E-state index contributed by atoms with van der Waals surface area (Å²) < 4.78 is 1.35. The Morgan fingerprint density at radius 1 is 1.08 bits per heavy atom. The highest BCUT2D eigenvalue weighted by Crippen LogP contribution is 2.34. The van der Waals surface area contributed by atoms with Crippen molar-refractivity contribution in [3.05, 3.63) is 39.4 Å². The Labute approximate surface area is 149 Å². The molecule has 1 aliphatic heterocycles. The standard InChI is InChI=1S/C17H20N6OS/c1-11-12(2)25-17-15(11)16(18-10-19-17)23-6-4-22(5-7-23)13-8-14(24)21(3)20-9-13/h8-10H,4-7H2,1-3H3. The Balaban J connectivity index is 1.58. The Bertz CT molecular complexity index is 986. The third-order valence-corrected chi connectivity index (χ3v) is 5.96. The fourth-order valence-electron chi connectivity index (χ4n) is 3.21. The molecule has 4 rings (SSSR count). The lowest BCUT2D eigenvalue weighted by Crippen LogP contribution is -2.47. The van der Waals surface area contributed by atoms with Gasteiger partial charge in [0.05, 0.1) is 17.3 Å². The molecule has 0 spiro atoms. The van der Waals surface area contributed by atoms with Gasteiger partial charge in [0.15, 0.2) is 0 Å². The van der Waals surface area contributed by atoms with Gasteiger partial charge in [-0.05, 0) is 19.4 Å². The zero-order valence-electron chi connectivity index (χ0n) is 14.6. The molecule has 8 heteroatoms. The summed E-state index contributed by atoms with van der Waals surface area (Å²) in [6, 6.07) is 1.65. The largest absolute Gasteiger partial charge is 0.367 e. The highest BCUT2D eigenvalue weighted by molar-refractivity contribution is 7.18. The number of thiophene rings is 1. The molecular formula is C17H20N6OS. The van der Waals surface area contributed by atoms with E-state index in [2.05, 4.69) is 38.7 Å². The van der Waals surface area contributed by atoms with Crippen molar-refractivity contribution in [3.63, 3.8) is 0 Å². The van der Waals surface area contributed by atoms with Crippen LogP contribution in [-0.2, 0) is 7.05 Å². The number of piperazine rings is 1. The molecule has 0 radical (unpaired) electrons. The Hall–Kier alpha value is -2.48. The van der Waals surface area contributed by atoms with Gasteiger partial charge in [0.2, 0.25) is 0 Å². The Morgan fingerprint density at radius 2 is 1.80 bits per heavy atom. The predicted octanol–water partition coefficient (Wildman–Crippen LogP) is 1.73. The van der Waals surface area contributed by atoms with Gasteiger partial charge in [-0.25, -0.2) is 14.6 Å². The molecule has 130 valence electrons. The molecule has 0 atom stereocenters. The van der Waals surface area contributed by atoms with Crippen LogP contribution >= 0.6 is 11.3 Å². The number of fused-ring (bicyclic) bond motifs is 1. The van der Waals surface area contributed by atoms with Crippen LogP contribution in [0.4, 0.5) is 11.5 Å². The van der Waals surface area contributed by atoms with Gasteiger partial charge in [-0.3, -0.25) is 4.79 Å². The van der Waals surface area contributed by atoms with E-state index in [-0.39, 0.29) is 5.56 Å². The summed E-state index contributed by atoms with van der Waals surface area (Å²) in [6.07, 6.45) is 3.41. The van der Waals surface area contributed by atoms with Gasteiger partial charge in [-0.2, -0.15) is 5.10 Å². The molecule has 25 heavy (non-hydrogen) atoms. The molecule has 1 aliphatic rings. The molecule has 0 unspecified atom stereocenters. The van der Waals surface area contributed by atoms with E-state index in [9.17, 15) is 4.79 Å². The SMILES string of the molecule is Cc1sc2ncnc(N3CCN(c4cnn(C)c(=O)c4)CC3)c2c1C. The van der Waals surface area contributed by atoms with Crippen molar-refractivity contribution in [3.8, 4) is 0 Å². The van der Waals surface area contributed by atoms with Gasteiger partial charge in [-0.15, -0.1) is 11.3 Å². The predicted molar refractivity (Wildman–Crippen MR) is 101 cm³/mol. The fourth-order valence-corrected chi connectivity index (χ4v) is 4.20. The summed E-state index contributed by atoms with van der Waals surface area (Å²) in [4.78, 5) is 27.7. The zero-order valence-corrected chi connectivity index (χ0v) is 15.4. The molecule has 3 aromatic rings. The summed E-state index contributed by atoms with van der Waals surface area (Å²) in [5.41, 5.74) is 2.08. The van der Waals surface area contributed by atoms with Crippen LogP contribution in [0.1, 0.15) is 10.4 Å². The molecule has 0 N–H and O–H groups in total. The first kappa shape index (κ1) is 16.0. The number of hydrogen-bond donors (Lipinski definition) is 0. The van der Waals surface area contributed by atoms with Crippen LogP contribution < -0.4 is 15.4 Å². The topological polar surface area (TPSA) is 67.2 Å². The van der Waals surface area contributed by atoms with E-state index in [1.807, 2.05) is 0 Å².